The van der Waals surface area contributed by atoms with Crippen molar-refractivity contribution in [2.24, 2.45) is 0 Å². The highest BCUT2D eigenvalue weighted by atomic mass is 35.5. The molecule has 2 aromatic heterocycles. The van der Waals surface area contributed by atoms with Crippen molar-refractivity contribution in [2.45, 2.75) is 33.7 Å². The lowest BCUT2D eigenvalue weighted by Crippen LogP contribution is -2.22. The molecule has 0 aliphatic carbocycles. The fourth-order valence-electron chi connectivity index (χ4n) is 3.11. The van der Waals surface area contributed by atoms with E-state index in [-0.39, 0.29) is 23.1 Å². The third-order valence-corrected chi connectivity index (χ3v) is 5.20. The highest BCUT2D eigenvalue weighted by Crippen LogP contribution is 2.30. The summed E-state index contributed by atoms with van der Waals surface area (Å²) in [5.74, 6) is 0.220. The van der Waals surface area contributed by atoms with Crippen LogP contribution >= 0.6 is 11.6 Å². The van der Waals surface area contributed by atoms with Crippen LogP contribution in [0.4, 0.5) is 13.2 Å². The van der Waals surface area contributed by atoms with Crippen molar-refractivity contribution < 1.29 is 27.4 Å². The highest BCUT2D eigenvalue weighted by Gasteiger charge is 2.31. The maximum atomic E-state index is 12.7. The van der Waals surface area contributed by atoms with E-state index in [1.165, 1.54) is 18.3 Å². The van der Waals surface area contributed by atoms with E-state index in [2.05, 4.69) is 21.4 Å². The molecule has 180 valence electrons. The molecule has 0 atom stereocenters. The van der Waals surface area contributed by atoms with E-state index in [1.807, 2.05) is 20.8 Å². The normalized spacial score (nSPS) is 11.3. The van der Waals surface area contributed by atoms with Gasteiger partial charge in [-0.2, -0.15) is 9.78 Å². The molecule has 0 radical (unpaired) electrons. The maximum Gasteiger partial charge on any atom is 0.573 e. The third-order valence-electron chi connectivity index (χ3n) is 4.85. The van der Waals surface area contributed by atoms with Gasteiger partial charge in [-0.15, -0.1) is 13.2 Å². The van der Waals surface area contributed by atoms with Crippen LogP contribution in [0.3, 0.4) is 0 Å². The third kappa shape index (κ3) is 5.69. The lowest BCUT2D eigenvalue weighted by atomic mass is 10.1. The molecule has 0 unspecified atom stereocenters. The molecule has 2 heterocycles. The molecular formula is C23H21ClF3N3O4. The predicted molar refractivity (Wildman–Crippen MR) is 120 cm³/mol. The topological polar surface area (TPSA) is 75.5 Å². The summed E-state index contributed by atoms with van der Waals surface area (Å²) in [6.07, 6.45) is -1.95. The number of aromatic nitrogens is 3. The van der Waals surface area contributed by atoms with Crippen molar-refractivity contribution in [1.29, 1.82) is 0 Å². The van der Waals surface area contributed by atoms with Crippen LogP contribution in [0.15, 0.2) is 47.9 Å². The summed E-state index contributed by atoms with van der Waals surface area (Å²) < 4.78 is 53.3. The van der Waals surface area contributed by atoms with E-state index in [9.17, 15) is 18.0 Å². The summed E-state index contributed by atoms with van der Waals surface area (Å²) >= 11 is 6.22. The molecule has 0 saturated carbocycles. The molecular weight excluding hydrogens is 475 g/mol. The van der Waals surface area contributed by atoms with Gasteiger partial charge in [-0.1, -0.05) is 24.3 Å². The molecule has 0 spiro atoms. The fourth-order valence-corrected chi connectivity index (χ4v) is 3.29. The minimum Gasteiger partial charge on any atom is -0.489 e. The van der Waals surface area contributed by atoms with Gasteiger partial charge in [-0.3, -0.25) is 9.78 Å². The molecule has 0 N–H and O–H groups in total. The largest absolute Gasteiger partial charge is 0.573 e. The first kappa shape index (κ1) is 25.1. The fraction of sp³-hybridized carbons (Fsp3) is 0.261. The predicted octanol–water partition coefficient (Wildman–Crippen LogP) is 5.25. The molecule has 0 fully saturated rings. The number of ether oxygens (including phenoxy) is 3. The molecule has 11 heteroatoms. The molecule has 3 aromatic rings. The zero-order valence-corrected chi connectivity index (χ0v) is 19.3. The monoisotopic (exact) mass is 495 g/mol. The van der Waals surface area contributed by atoms with Gasteiger partial charge >= 0.3 is 6.36 Å². The number of pyridine rings is 1. The summed E-state index contributed by atoms with van der Waals surface area (Å²) in [4.78, 5) is 17.2. The Hall–Kier alpha value is -3.53. The smallest absolute Gasteiger partial charge is 0.489 e. The Bertz CT molecular complexity index is 1260. The standard InChI is InChI=1S/C23H21ClF3N3O4/c1-5-10-32-21-13(2)14(3)29-15(4)18(21)12-33-19-11-28-30(22(31)20(19)24)16-6-8-17(9-7-16)34-23(25,26)27/h5-9,11H,1,10,12H2,2-4H3. The van der Waals surface area contributed by atoms with E-state index in [0.29, 0.717) is 23.6 Å². The quantitative estimate of drug-likeness (QED) is 0.397. The second kappa shape index (κ2) is 10.2. The summed E-state index contributed by atoms with van der Waals surface area (Å²) in [7, 11) is 0. The van der Waals surface area contributed by atoms with Gasteiger partial charge in [0, 0.05) is 17.0 Å². The van der Waals surface area contributed by atoms with Crippen LogP contribution < -0.4 is 19.8 Å². The molecule has 1 aromatic carbocycles. The molecule has 7 nitrogen and oxygen atoms in total. The van der Waals surface area contributed by atoms with Crippen LogP contribution in [-0.2, 0) is 6.61 Å². The summed E-state index contributed by atoms with van der Waals surface area (Å²) in [6.45, 7) is 9.53. The average molecular weight is 496 g/mol. The summed E-state index contributed by atoms with van der Waals surface area (Å²) in [5, 5.41) is 3.78. The van der Waals surface area contributed by atoms with Gasteiger partial charge in [-0.05, 0) is 45.0 Å². The summed E-state index contributed by atoms with van der Waals surface area (Å²) in [6, 6.07) is 4.63. The molecule has 0 saturated heterocycles. The Morgan fingerprint density at radius 3 is 2.41 bits per heavy atom. The second-order valence-electron chi connectivity index (χ2n) is 7.19. The number of aryl methyl sites for hydroxylation is 2. The molecule has 0 bridgehead atoms. The lowest BCUT2D eigenvalue weighted by molar-refractivity contribution is -0.274. The van der Waals surface area contributed by atoms with Gasteiger partial charge in [-0.25, -0.2) is 0 Å². The van der Waals surface area contributed by atoms with Crippen LogP contribution in [0.1, 0.15) is 22.5 Å². The van der Waals surface area contributed by atoms with Crippen LogP contribution in [0, 0.1) is 20.8 Å². The molecule has 3 rings (SSSR count). The summed E-state index contributed by atoms with van der Waals surface area (Å²) in [5.41, 5.74) is 2.54. The minimum atomic E-state index is -4.82. The van der Waals surface area contributed by atoms with E-state index in [4.69, 9.17) is 21.1 Å². The van der Waals surface area contributed by atoms with E-state index < -0.39 is 17.7 Å². The van der Waals surface area contributed by atoms with E-state index >= 15 is 0 Å². The number of rotatable bonds is 8. The SMILES string of the molecule is C=CCOc1c(C)c(C)nc(C)c1COc1cnn(-c2ccc(OC(F)(F)F)cc2)c(=O)c1Cl. The molecule has 34 heavy (non-hydrogen) atoms. The number of hydrogen-bond acceptors (Lipinski definition) is 6. The van der Waals surface area contributed by atoms with Gasteiger partial charge in [0.25, 0.3) is 5.56 Å². The van der Waals surface area contributed by atoms with Crippen LogP contribution in [0.2, 0.25) is 5.02 Å². The van der Waals surface area contributed by atoms with E-state index in [1.54, 1.807) is 6.08 Å². The second-order valence-corrected chi connectivity index (χ2v) is 7.56. The Morgan fingerprint density at radius 2 is 1.79 bits per heavy atom. The van der Waals surface area contributed by atoms with Crippen molar-refractivity contribution in [3.05, 3.63) is 81.0 Å². The Labute approximate surface area is 198 Å². The highest BCUT2D eigenvalue weighted by molar-refractivity contribution is 6.31. The van der Waals surface area contributed by atoms with Gasteiger partial charge in [0.05, 0.1) is 17.4 Å². The Balaban J connectivity index is 1.85. The number of benzene rings is 1. The molecule has 0 aliphatic rings. The number of alkyl halides is 3. The van der Waals surface area contributed by atoms with Crippen molar-refractivity contribution in [2.75, 3.05) is 6.61 Å². The number of halogens is 4. The maximum absolute atomic E-state index is 12.7. The van der Waals surface area contributed by atoms with Gasteiger partial charge in [0.15, 0.2) is 10.8 Å². The molecule has 0 amide bonds. The van der Waals surface area contributed by atoms with Crippen molar-refractivity contribution in [3.63, 3.8) is 0 Å². The molecule has 0 aliphatic heterocycles. The van der Waals surface area contributed by atoms with Gasteiger partial charge in [0.1, 0.15) is 24.7 Å². The van der Waals surface area contributed by atoms with Crippen molar-refractivity contribution in [1.82, 2.24) is 14.8 Å². The van der Waals surface area contributed by atoms with Gasteiger partial charge < -0.3 is 14.2 Å². The zero-order chi connectivity index (χ0) is 25.0. The van der Waals surface area contributed by atoms with E-state index in [0.717, 1.165) is 28.1 Å². The number of hydrogen-bond donors (Lipinski definition) is 0. The Morgan fingerprint density at radius 1 is 1.12 bits per heavy atom. The zero-order valence-electron chi connectivity index (χ0n) is 18.6. The number of nitrogens with zero attached hydrogens (tertiary/aromatic N) is 3. The first-order chi connectivity index (χ1) is 16.0. The van der Waals surface area contributed by atoms with Crippen molar-refractivity contribution >= 4 is 11.6 Å². The van der Waals surface area contributed by atoms with Crippen LogP contribution in [-0.4, -0.2) is 27.7 Å². The minimum absolute atomic E-state index is 0.0146. The first-order valence-corrected chi connectivity index (χ1v) is 10.4. The van der Waals surface area contributed by atoms with Gasteiger partial charge in [0.2, 0.25) is 0 Å². The van der Waals surface area contributed by atoms with Crippen LogP contribution in [0.5, 0.6) is 17.2 Å². The lowest BCUT2D eigenvalue weighted by Gasteiger charge is -2.18. The first-order valence-electron chi connectivity index (χ1n) is 9.99. The van der Waals surface area contributed by atoms with Crippen molar-refractivity contribution in [3.8, 4) is 22.9 Å². The van der Waals surface area contributed by atoms with Crippen LogP contribution in [0.25, 0.3) is 5.69 Å². The Kier molecular flexibility index (Phi) is 7.51. The average Bonchev–Trinajstić information content (AvgIpc) is 2.77.